The number of rotatable bonds is 6. The van der Waals surface area contributed by atoms with E-state index in [1.54, 1.807) is 37.4 Å². The van der Waals surface area contributed by atoms with E-state index in [4.69, 9.17) is 18.6 Å². The lowest BCUT2D eigenvalue weighted by Gasteiger charge is -2.18. The Morgan fingerprint density at radius 1 is 1.07 bits per heavy atom. The van der Waals surface area contributed by atoms with Gasteiger partial charge in [-0.1, -0.05) is 0 Å². The molecule has 0 aliphatic carbocycles. The largest absolute Gasteiger partial charge is 0.497 e. The molecule has 0 unspecified atom stereocenters. The van der Waals surface area contributed by atoms with E-state index in [1.165, 1.54) is 12.1 Å². The SMILES string of the molecule is CCNc1oc(-c2ccc(OC)cc2)nc1S(=O)(=O)c1ccc2c(c1)OCCO2. The predicted octanol–water partition coefficient (Wildman–Crippen LogP) is 3.39. The number of aromatic nitrogens is 1. The molecule has 3 aromatic rings. The highest BCUT2D eigenvalue weighted by Gasteiger charge is 2.29. The van der Waals surface area contributed by atoms with Crippen LogP contribution >= 0.6 is 0 Å². The summed E-state index contributed by atoms with van der Waals surface area (Å²) in [5.74, 6) is 1.87. The summed E-state index contributed by atoms with van der Waals surface area (Å²) in [5.41, 5.74) is 0.633. The van der Waals surface area contributed by atoms with Crippen LogP contribution in [-0.4, -0.2) is 40.3 Å². The minimum Gasteiger partial charge on any atom is -0.497 e. The first-order chi connectivity index (χ1) is 14.0. The molecule has 0 fully saturated rings. The Labute approximate surface area is 168 Å². The fraction of sp³-hybridized carbons (Fsp3) is 0.250. The number of nitrogens with one attached hydrogen (secondary N) is 1. The Balaban J connectivity index is 1.77. The zero-order chi connectivity index (χ0) is 20.4. The lowest BCUT2D eigenvalue weighted by molar-refractivity contribution is 0.171. The van der Waals surface area contributed by atoms with Crippen molar-refractivity contribution >= 4 is 15.7 Å². The number of hydrogen-bond acceptors (Lipinski definition) is 8. The first kappa shape index (κ1) is 19.1. The molecule has 1 aromatic heterocycles. The molecule has 0 bridgehead atoms. The van der Waals surface area contributed by atoms with Gasteiger partial charge in [0.25, 0.3) is 0 Å². The molecule has 1 aliphatic rings. The molecule has 0 amide bonds. The third-order valence-electron chi connectivity index (χ3n) is 4.35. The molecule has 4 rings (SSSR count). The number of nitrogens with zero attached hydrogens (tertiary/aromatic N) is 1. The van der Waals surface area contributed by atoms with Crippen LogP contribution in [0.3, 0.4) is 0 Å². The van der Waals surface area contributed by atoms with E-state index >= 15 is 0 Å². The van der Waals surface area contributed by atoms with Crippen molar-refractivity contribution in [2.45, 2.75) is 16.8 Å². The minimum absolute atomic E-state index is 0.0514. The molecule has 1 aliphatic heterocycles. The monoisotopic (exact) mass is 416 g/mol. The van der Waals surface area contributed by atoms with Gasteiger partial charge in [0, 0.05) is 18.2 Å². The summed E-state index contributed by atoms with van der Waals surface area (Å²) < 4.78 is 48.4. The summed E-state index contributed by atoms with van der Waals surface area (Å²) in [5, 5.41) is 2.76. The van der Waals surface area contributed by atoms with Crippen molar-refractivity contribution in [3.63, 3.8) is 0 Å². The molecule has 2 heterocycles. The number of methoxy groups -OCH3 is 1. The van der Waals surface area contributed by atoms with Gasteiger partial charge in [-0.3, -0.25) is 0 Å². The molecular weight excluding hydrogens is 396 g/mol. The number of sulfone groups is 1. The van der Waals surface area contributed by atoms with E-state index in [1.807, 2.05) is 6.92 Å². The van der Waals surface area contributed by atoms with Gasteiger partial charge in [0.1, 0.15) is 19.0 Å². The smallest absolute Gasteiger partial charge is 0.233 e. The maximum atomic E-state index is 13.3. The quantitative estimate of drug-likeness (QED) is 0.653. The van der Waals surface area contributed by atoms with E-state index < -0.39 is 9.84 Å². The number of benzene rings is 2. The van der Waals surface area contributed by atoms with Crippen LogP contribution in [0.1, 0.15) is 6.92 Å². The highest BCUT2D eigenvalue weighted by atomic mass is 32.2. The second kappa shape index (κ2) is 7.67. The Hall–Kier alpha value is -3.20. The normalized spacial score (nSPS) is 13.2. The molecule has 1 N–H and O–H groups in total. The highest BCUT2D eigenvalue weighted by molar-refractivity contribution is 7.91. The first-order valence-electron chi connectivity index (χ1n) is 9.07. The Morgan fingerprint density at radius 2 is 1.79 bits per heavy atom. The molecule has 0 radical (unpaired) electrons. The average Bonchev–Trinajstić information content (AvgIpc) is 3.18. The van der Waals surface area contributed by atoms with Crippen LogP contribution in [0.5, 0.6) is 17.2 Å². The van der Waals surface area contributed by atoms with E-state index in [0.29, 0.717) is 42.6 Å². The average molecular weight is 416 g/mol. The van der Waals surface area contributed by atoms with Crippen molar-refractivity contribution in [2.24, 2.45) is 0 Å². The van der Waals surface area contributed by atoms with E-state index in [9.17, 15) is 8.42 Å². The van der Waals surface area contributed by atoms with E-state index in [-0.39, 0.29) is 21.7 Å². The lowest BCUT2D eigenvalue weighted by Crippen LogP contribution is -2.16. The molecule has 0 atom stereocenters. The highest BCUT2D eigenvalue weighted by Crippen LogP contribution is 2.37. The Morgan fingerprint density at radius 3 is 2.48 bits per heavy atom. The molecule has 152 valence electrons. The zero-order valence-electron chi connectivity index (χ0n) is 16.0. The summed E-state index contributed by atoms with van der Waals surface area (Å²) in [7, 11) is -2.38. The lowest BCUT2D eigenvalue weighted by atomic mass is 10.2. The number of fused-ring (bicyclic) bond motifs is 1. The number of anilines is 1. The van der Waals surface area contributed by atoms with Crippen molar-refractivity contribution in [2.75, 3.05) is 32.2 Å². The van der Waals surface area contributed by atoms with Gasteiger partial charge in [0.15, 0.2) is 11.5 Å². The van der Waals surface area contributed by atoms with Gasteiger partial charge in [0.2, 0.25) is 26.6 Å². The number of hydrogen-bond donors (Lipinski definition) is 1. The molecule has 9 heteroatoms. The van der Waals surface area contributed by atoms with Gasteiger partial charge in [-0.2, -0.15) is 4.98 Å². The van der Waals surface area contributed by atoms with Crippen LogP contribution in [0.2, 0.25) is 0 Å². The van der Waals surface area contributed by atoms with Gasteiger partial charge in [-0.15, -0.1) is 0 Å². The topological polar surface area (TPSA) is 99.9 Å². The van der Waals surface area contributed by atoms with Gasteiger partial charge in [0.05, 0.1) is 12.0 Å². The molecule has 0 saturated heterocycles. The van der Waals surface area contributed by atoms with Crippen LogP contribution in [0.4, 0.5) is 5.88 Å². The van der Waals surface area contributed by atoms with Gasteiger partial charge in [-0.25, -0.2) is 8.42 Å². The predicted molar refractivity (Wildman–Crippen MR) is 106 cm³/mol. The van der Waals surface area contributed by atoms with Crippen LogP contribution < -0.4 is 19.5 Å². The first-order valence-corrected chi connectivity index (χ1v) is 10.5. The molecule has 0 spiro atoms. The summed E-state index contributed by atoms with van der Waals surface area (Å²) in [6, 6.07) is 11.5. The molecule has 2 aromatic carbocycles. The molecule has 8 nitrogen and oxygen atoms in total. The minimum atomic E-state index is -3.95. The summed E-state index contributed by atoms with van der Waals surface area (Å²) in [4.78, 5) is 4.34. The van der Waals surface area contributed by atoms with Gasteiger partial charge >= 0.3 is 0 Å². The maximum Gasteiger partial charge on any atom is 0.233 e. The van der Waals surface area contributed by atoms with Gasteiger partial charge in [-0.05, 0) is 43.3 Å². The summed E-state index contributed by atoms with van der Waals surface area (Å²) in [6.45, 7) is 3.11. The zero-order valence-corrected chi connectivity index (χ0v) is 16.8. The van der Waals surface area contributed by atoms with Crippen molar-refractivity contribution in [1.82, 2.24) is 4.98 Å². The molecular formula is C20H20N2O6S. The molecule has 29 heavy (non-hydrogen) atoms. The van der Waals surface area contributed by atoms with Crippen molar-refractivity contribution in [1.29, 1.82) is 0 Å². The van der Waals surface area contributed by atoms with Crippen LogP contribution in [0.25, 0.3) is 11.5 Å². The van der Waals surface area contributed by atoms with E-state index in [2.05, 4.69) is 10.3 Å². The Kier molecular flexibility index (Phi) is 5.06. The van der Waals surface area contributed by atoms with Crippen molar-refractivity contribution < 1.29 is 27.0 Å². The van der Waals surface area contributed by atoms with E-state index in [0.717, 1.165) is 0 Å². The maximum absolute atomic E-state index is 13.3. The van der Waals surface area contributed by atoms with Crippen LogP contribution in [-0.2, 0) is 9.84 Å². The second-order valence-corrected chi connectivity index (χ2v) is 8.09. The van der Waals surface area contributed by atoms with Crippen LogP contribution in [0.15, 0.2) is 56.8 Å². The second-order valence-electron chi connectivity index (χ2n) is 6.22. The summed E-state index contributed by atoms with van der Waals surface area (Å²) >= 11 is 0. The fourth-order valence-electron chi connectivity index (χ4n) is 2.92. The molecule has 0 saturated carbocycles. The Bertz CT molecular complexity index is 1120. The van der Waals surface area contributed by atoms with Gasteiger partial charge < -0.3 is 23.9 Å². The van der Waals surface area contributed by atoms with Crippen molar-refractivity contribution in [3.05, 3.63) is 42.5 Å². The fourth-order valence-corrected chi connectivity index (χ4v) is 4.21. The third kappa shape index (κ3) is 3.61. The van der Waals surface area contributed by atoms with Crippen LogP contribution in [0, 0.1) is 0 Å². The third-order valence-corrected chi connectivity index (χ3v) is 6.01. The standard InChI is InChI=1S/C20H20N2O6S/c1-3-21-19-20(22-18(28-19)13-4-6-14(25-2)7-5-13)29(23,24)15-8-9-16-17(12-15)27-11-10-26-16/h4-9,12,21H,3,10-11H2,1-2H3. The van der Waals surface area contributed by atoms with Crippen molar-refractivity contribution in [3.8, 4) is 28.7 Å². The number of oxazole rings is 1. The summed E-state index contributed by atoms with van der Waals surface area (Å²) in [6.07, 6.45) is 0. The number of ether oxygens (including phenoxy) is 3.